The molecule has 0 aliphatic carbocycles. The van der Waals surface area contributed by atoms with Crippen molar-refractivity contribution in [3.63, 3.8) is 0 Å². The van der Waals surface area contributed by atoms with E-state index in [1.165, 1.54) is 11.8 Å². The lowest BCUT2D eigenvalue weighted by atomic mass is 10.0. The van der Waals surface area contributed by atoms with Gasteiger partial charge in [0, 0.05) is 38.7 Å². The molecule has 2 aromatic rings. The molecule has 1 fully saturated rings. The maximum atomic E-state index is 11.7. The predicted octanol–water partition coefficient (Wildman–Crippen LogP) is 5.86. The van der Waals surface area contributed by atoms with E-state index in [2.05, 4.69) is 20.9 Å². The third kappa shape index (κ3) is 7.29. The van der Waals surface area contributed by atoms with Gasteiger partial charge in [0.25, 0.3) is 0 Å². The molecule has 0 aromatic heterocycles. The summed E-state index contributed by atoms with van der Waals surface area (Å²) in [5.41, 5.74) is 3.01. The molecule has 1 saturated heterocycles. The van der Waals surface area contributed by atoms with Gasteiger partial charge in [0.2, 0.25) is 0 Å². The van der Waals surface area contributed by atoms with Crippen LogP contribution in [0.1, 0.15) is 24.8 Å². The fraction of sp³-hybridized carbons (Fsp3) is 0.462. The number of aliphatic imine (C=N–C) groups is 1. The SMILES string of the molecule is CSCC(=O)OC1=Nc2cc(OCCCCN3CCN(c4cccc(Cl)c4Cl)CC3)ccc2CC1. The van der Waals surface area contributed by atoms with Gasteiger partial charge < -0.3 is 14.4 Å². The number of carbonyl (C=O) groups excluding carboxylic acids is 1. The van der Waals surface area contributed by atoms with E-state index in [4.69, 9.17) is 32.7 Å². The van der Waals surface area contributed by atoms with Gasteiger partial charge >= 0.3 is 5.97 Å². The summed E-state index contributed by atoms with van der Waals surface area (Å²) in [5.74, 6) is 1.38. The van der Waals surface area contributed by atoms with E-state index in [0.717, 1.165) is 74.7 Å². The van der Waals surface area contributed by atoms with E-state index in [1.54, 1.807) is 0 Å². The maximum Gasteiger partial charge on any atom is 0.322 e. The van der Waals surface area contributed by atoms with Crippen LogP contribution in [0, 0.1) is 0 Å². The number of aryl methyl sites for hydroxylation is 1. The van der Waals surface area contributed by atoms with E-state index < -0.39 is 0 Å². The van der Waals surface area contributed by atoms with Crippen molar-refractivity contribution in [1.82, 2.24) is 4.90 Å². The lowest BCUT2D eigenvalue weighted by Gasteiger charge is -2.36. The van der Waals surface area contributed by atoms with Crippen LogP contribution in [0.2, 0.25) is 10.0 Å². The van der Waals surface area contributed by atoms with Gasteiger partial charge in [-0.05, 0) is 55.8 Å². The number of hydrogen-bond acceptors (Lipinski definition) is 7. The van der Waals surface area contributed by atoms with Gasteiger partial charge in [-0.2, -0.15) is 11.8 Å². The second-order valence-electron chi connectivity index (χ2n) is 8.66. The number of hydrogen-bond donors (Lipinski definition) is 0. The highest BCUT2D eigenvalue weighted by Gasteiger charge is 2.20. The highest BCUT2D eigenvalue weighted by Crippen LogP contribution is 2.33. The average Bonchev–Trinajstić information content (AvgIpc) is 2.86. The third-order valence-electron chi connectivity index (χ3n) is 6.19. The molecule has 0 saturated carbocycles. The van der Waals surface area contributed by atoms with Gasteiger partial charge in [0.05, 0.1) is 33.8 Å². The number of benzene rings is 2. The zero-order valence-electron chi connectivity index (χ0n) is 20.0. The Kier molecular flexibility index (Phi) is 9.60. The number of halogens is 2. The van der Waals surface area contributed by atoms with Gasteiger partial charge in [0.15, 0.2) is 5.90 Å². The molecule has 6 nitrogen and oxygen atoms in total. The van der Waals surface area contributed by atoms with Crippen LogP contribution in [-0.4, -0.2) is 68.1 Å². The van der Waals surface area contributed by atoms with Crippen molar-refractivity contribution in [2.24, 2.45) is 4.99 Å². The highest BCUT2D eigenvalue weighted by atomic mass is 35.5. The second kappa shape index (κ2) is 12.9. The van der Waals surface area contributed by atoms with Crippen molar-refractivity contribution in [1.29, 1.82) is 0 Å². The molecule has 0 unspecified atom stereocenters. The summed E-state index contributed by atoms with van der Waals surface area (Å²) in [7, 11) is 0. The molecule has 0 radical (unpaired) electrons. The number of rotatable bonds is 9. The minimum Gasteiger partial charge on any atom is -0.494 e. The predicted molar refractivity (Wildman–Crippen MR) is 146 cm³/mol. The van der Waals surface area contributed by atoms with Crippen molar-refractivity contribution >= 4 is 58.2 Å². The van der Waals surface area contributed by atoms with Crippen LogP contribution in [0.4, 0.5) is 11.4 Å². The molecule has 0 atom stereocenters. The summed E-state index contributed by atoms with van der Waals surface area (Å²) >= 11 is 14.0. The molecule has 0 bridgehead atoms. The standard InChI is InChI=1S/C26H31Cl2N3O3S/c1-35-18-25(32)34-24-10-8-19-7-9-20(17-22(19)29-24)33-16-3-2-11-30-12-14-31(15-13-30)23-6-4-5-21(27)26(23)28/h4-7,9,17H,2-3,8,10-16,18H2,1H3. The minimum atomic E-state index is -0.248. The van der Waals surface area contributed by atoms with Crippen LogP contribution in [0.3, 0.4) is 0 Å². The molecule has 35 heavy (non-hydrogen) atoms. The van der Waals surface area contributed by atoms with E-state index in [-0.39, 0.29) is 5.97 Å². The van der Waals surface area contributed by atoms with Crippen molar-refractivity contribution in [3.05, 3.63) is 52.0 Å². The summed E-state index contributed by atoms with van der Waals surface area (Å²) in [6.07, 6.45) is 5.40. The molecule has 0 amide bonds. The highest BCUT2D eigenvalue weighted by molar-refractivity contribution is 7.99. The van der Waals surface area contributed by atoms with Crippen molar-refractivity contribution in [2.75, 3.05) is 56.2 Å². The Morgan fingerprint density at radius 1 is 1.09 bits per heavy atom. The number of carbonyl (C=O) groups is 1. The smallest absolute Gasteiger partial charge is 0.322 e. The van der Waals surface area contributed by atoms with Crippen LogP contribution < -0.4 is 9.64 Å². The van der Waals surface area contributed by atoms with E-state index in [0.29, 0.717) is 34.7 Å². The molecular formula is C26H31Cl2N3O3S. The van der Waals surface area contributed by atoms with Crippen LogP contribution >= 0.6 is 35.0 Å². The Hall–Kier alpha value is -1.93. The molecular weight excluding hydrogens is 505 g/mol. The largest absolute Gasteiger partial charge is 0.494 e. The van der Waals surface area contributed by atoms with Gasteiger partial charge in [-0.15, -0.1) is 0 Å². The molecule has 4 rings (SSSR count). The Balaban J connectivity index is 1.17. The number of piperazine rings is 1. The first-order chi connectivity index (χ1) is 17.0. The molecule has 2 aliphatic heterocycles. The third-order valence-corrected chi connectivity index (χ3v) is 7.52. The monoisotopic (exact) mass is 535 g/mol. The molecule has 0 spiro atoms. The number of thioether (sulfide) groups is 1. The number of esters is 1. The minimum absolute atomic E-state index is 0.248. The fourth-order valence-corrected chi connectivity index (χ4v) is 5.02. The van der Waals surface area contributed by atoms with E-state index in [1.807, 2.05) is 36.6 Å². The van der Waals surface area contributed by atoms with Gasteiger partial charge in [-0.25, -0.2) is 4.99 Å². The molecule has 2 aliphatic rings. The van der Waals surface area contributed by atoms with Crippen molar-refractivity contribution in [2.45, 2.75) is 25.7 Å². The summed E-state index contributed by atoms with van der Waals surface area (Å²) in [6, 6.07) is 11.8. The van der Waals surface area contributed by atoms with Crippen LogP contribution in [0.15, 0.2) is 41.4 Å². The van der Waals surface area contributed by atoms with Gasteiger partial charge in [-0.1, -0.05) is 35.3 Å². The maximum absolute atomic E-state index is 11.7. The first kappa shape index (κ1) is 26.1. The molecule has 9 heteroatoms. The lowest BCUT2D eigenvalue weighted by molar-refractivity contribution is -0.132. The quantitative estimate of drug-likeness (QED) is 0.296. The summed E-state index contributed by atoms with van der Waals surface area (Å²) in [4.78, 5) is 21.1. The average molecular weight is 537 g/mol. The Bertz CT molecular complexity index is 1060. The zero-order chi connectivity index (χ0) is 24.6. The first-order valence-corrected chi connectivity index (χ1v) is 14.1. The van der Waals surface area contributed by atoms with E-state index in [9.17, 15) is 4.79 Å². The topological polar surface area (TPSA) is 54.4 Å². The number of nitrogens with zero attached hydrogens (tertiary/aromatic N) is 3. The second-order valence-corrected chi connectivity index (χ2v) is 10.3. The van der Waals surface area contributed by atoms with Crippen molar-refractivity contribution in [3.8, 4) is 5.75 Å². The molecule has 188 valence electrons. The number of anilines is 1. The van der Waals surface area contributed by atoms with Gasteiger partial charge in [0.1, 0.15) is 5.75 Å². The van der Waals surface area contributed by atoms with Crippen LogP contribution in [0.5, 0.6) is 5.75 Å². The van der Waals surface area contributed by atoms with E-state index >= 15 is 0 Å². The molecule has 2 heterocycles. The number of fused-ring (bicyclic) bond motifs is 1. The molecule has 0 N–H and O–H groups in total. The lowest BCUT2D eigenvalue weighted by Crippen LogP contribution is -2.46. The Labute approximate surface area is 221 Å². The fourth-order valence-electron chi connectivity index (χ4n) is 4.31. The van der Waals surface area contributed by atoms with Crippen LogP contribution in [0.25, 0.3) is 0 Å². The van der Waals surface area contributed by atoms with Crippen LogP contribution in [-0.2, 0) is 16.0 Å². The van der Waals surface area contributed by atoms with Crippen molar-refractivity contribution < 1.29 is 14.3 Å². The summed E-state index contributed by atoms with van der Waals surface area (Å²) in [6.45, 7) is 5.63. The molecule has 2 aromatic carbocycles. The summed E-state index contributed by atoms with van der Waals surface area (Å²) in [5, 5.41) is 1.24. The zero-order valence-corrected chi connectivity index (χ0v) is 22.3. The Morgan fingerprint density at radius 3 is 2.71 bits per heavy atom. The summed E-state index contributed by atoms with van der Waals surface area (Å²) < 4.78 is 11.4. The first-order valence-electron chi connectivity index (χ1n) is 12.0. The van der Waals surface area contributed by atoms with Gasteiger partial charge in [-0.3, -0.25) is 9.69 Å². The Morgan fingerprint density at radius 2 is 1.91 bits per heavy atom. The number of unbranched alkanes of at least 4 members (excludes halogenated alkanes) is 1. The number of ether oxygens (including phenoxy) is 2. The normalized spacial score (nSPS) is 16.0.